The Balaban J connectivity index is 2.22. The fourth-order valence-electron chi connectivity index (χ4n) is 2.32. The van der Waals surface area contributed by atoms with Gasteiger partial charge in [-0.2, -0.15) is 0 Å². The molecule has 1 aromatic carbocycles. The van der Waals surface area contributed by atoms with Crippen molar-refractivity contribution >= 4 is 23.1 Å². The van der Waals surface area contributed by atoms with Gasteiger partial charge in [-0.3, -0.25) is 4.79 Å². The molecule has 0 spiro atoms. The van der Waals surface area contributed by atoms with Crippen LogP contribution in [0.4, 0.5) is 0 Å². The Morgan fingerprint density at radius 1 is 1.42 bits per heavy atom. The van der Waals surface area contributed by atoms with Crippen LogP contribution >= 0.6 is 12.2 Å². The highest BCUT2D eigenvalue weighted by Crippen LogP contribution is 2.18. The Hall–Kier alpha value is -1.46. The Morgan fingerprint density at radius 3 is 2.63 bits per heavy atom. The molecular weight excluding hydrogens is 260 g/mol. The molecule has 2 N–H and O–H groups in total. The zero-order valence-electron chi connectivity index (χ0n) is 11.2. The van der Waals surface area contributed by atoms with Crippen molar-refractivity contribution in [1.29, 1.82) is 0 Å². The van der Waals surface area contributed by atoms with Crippen LogP contribution in [-0.4, -0.2) is 41.6 Å². The third-order valence-corrected chi connectivity index (χ3v) is 3.63. The molecule has 1 aliphatic heterocycles. The van der Waals surface area contributed by atoms with E-state index in [1.807, 2.05) is 32.0 Å². The molecule has 1 atom stereocenters. The summed E-state index contributed by atoms with van der Waals surface area (Å²) in [6.45, 7) is 5.38. The van der Waals surface area contributed by atoms with Crippen molar-refractivity contribution in [2.45, 2.75) is 20.0 Å². The number of carbonyl (C=O) groups is 1. The third kappa shape index (κ3) is 2.93. The van der Waals surface area contributed by atoms with E-state index < -0.39 is 0 Å². The smallest absolute Gasteiger partial charge is 0.254 e. The number of rotatable bonds is 2. The van der Waals surface area contributed by atoms with E-state index in [9.17, 15) is 4.79 Å². The van der Waals surface area contributed by atoms with E-state index in [4.69, 9.17) is 22.7 Å². The van der Waals surface area contributed by atoms with E-state index in [0.717, 1.165) is 16.7 Å². The largest absolute Gasteiger partial charge is 0.391 e. The number of carbonyl (C=O) groups excluding carboxylic acids is 1. The van der Waals surface area contributed by atoms with Crippen LogP contribution in [0.2, 0.25) is 0 Å². The number of nitrogens with two attached hydrogens (primary N) is 1. The second-order valence-electron chi connectivity index (χ2n) is 4.78. The van der Waals surface area contributed by atoms with Gasteiger partial charge in [0.1, 0.15) is 11.1 Å². The summed E-state index contributed by atoms with van der Waals surface area (Å²) in [5.74, 6) is 0.0279. The van der Waals surface area contributed by atoms with Crippen molar-refractivity contribution < 1.29 is 9.53 Å². The maximum absolute atomic E-state index is 12.6. The zero-order valence-corrected chi connectivity index (χ0v) is 12.0. The lowest BCUT2D eigenvalue weighted by atomic mass is 10.0. The number of amides is 1. The van der Waals surface area contributed by atoms with Crippen LogP contribution in [0.15, 0.2) is 18.2 Å². The van der Waals surface area contributed by atoms with Gasteiger partial charge >= 0.3 is 0 Å². The number of morpholine rings is 1. The van der Waals surface area contributed by atoms with Gasteiger partial charge in [-0.05, 0) is 25.0 Å². The van der Waals surface area contributed by atoms with Crippen molar-refractivity contribution in [3.8, 4) is 0 Å². The maximum Gasteiger partial charge on any atom is 0.254 e. The zero-order chi connectivity index (χ0) is 14.0. The molecule has 0 radical (unpaired) electrons. The van der Waals surface area contributed by atoms with Crippen LogP contribution in [-0.2, 0) is 4.74 Å². The second-order valence-corrected chi connectivity index (χ2v) is 5.25. The normalized spacial score (nSPS) is 19.3. The monoisotopic (exact) mass is 278 g/mol. The highest BCUT2D eigenvalue weighted by Gasteiger charge is 2.27. The topological polar surface area (TPSA) is 55.6 Å². The van der Waals surface area contributed by atoms with Crippen LogP contribution in [0, 0.1) is 13.8 Å². The van der Waals surface area contributed by atoms with E-state index in [-0.39, 0.29) is 12.0 Å². The Bertz CT molecular complexity index is 496. The van der Waals surface area contributed by atoms with Gasteiger partial charge in [0.25, 0.3) is 5.91 Å². The standard InChI is InChI=1S/C14H18N2O2S/c1-9-4-3-5-10(2)12(9)14(17)16-6-7-18-11(8-16)13(15)19/h3-5,11H,6-8H2,1-2H3,(H2,15,19). The summed E-state index contributed by atoms with van der Waals surface area (Å²) in [4.78, 5) is 14.7. The first-order valence-electron chi connectivity index (χ1n) is 6.27. The van der Waals surface area contributed by atoms with Crippen molar-refractivity contribution in [2.75, 3.05) is 19.7 Å². The first-order chi connectivity index (χ1) is 9.00. The number of hydrogen-bond acceptors (Lipinski definition) is 3. The Kier molecular flexibility index (Phi) is 4.17. The van der Waals surface area contributed by atoms with Crippen LogP contribution in [0.5, 0.6) is 0 Å². The molecule has 19 heavy (non-hydrogen) atoms. The summed E-state index contributed by atoms with van der Waals surface area (Å²) in [5, 5.41) is 0. The quantitative estimate of drug-likeness (QED) is 0.832. The predicted molar refractivity (Wildman–Crippen MR) is 78.3 cm³/mol. The number of aryl methyl sites for hydroxylation is 2. The van der Waals surface area contributed by atoms with Crippen molar-refractivity contribution in [1.82, 2.24) is 4.90 Å². The molecule has 4 nitrogen and oxygen atoms in total. The van der Waals surface area contributed by atoms with Gasteiger partial charge in [0.05, 0.1) is 13.2 Å². The van der Waals surface area contributed by atoms with Crippen LogP contribution in [0.3, 0.4) is 0 Å². The van der Waals surface area contributed by atoms with Crippen LogP contribution in [0.1, 0.15) is 21.5 Å². The fraction of sp³-hybridized carbons (Fsp3) is 0.429. The molecule has 1 heterocycles. The molecule has 1 unspecified atom stereocenters. The summed E-state index contributed by atoms with van der Waals surface area (Å²) < 4.78 is 5.46. The van der Waals surface area contributed by atoms with Gasteiger partial charge < -0.3 is 15.4 Å². The van der Waals surface area contributed by atoms with Crippen molar-refractivity contribution in [3.63, 3.8) is 0 Å². The number of nitrogens with zero attached hydrogens (tertiary/aromatic N) is 1. The molecule has 1 aromatic rings. The average molecular weight is 278 g/mol. The van der Waals surface area contributed by atoms with Crippen molar-refractivity contribution in [3.05, 3.63) is 34.9 Å². The molecule has 0 aromatic heterocycles. The molecule has 1 saturated heterocycles. The van der Waals surface area contributed by atoms with Gasteiger partial charge in [0.15, 0.2) is 0 Å². The molecule has 5 heteroatoms. The molecule has 0 bridgehead atoms. The second kappa shape index (κ2) is 5.67. The molecular formula is C14H18N2O2S. The minimum absolute atomic E-state index is 0.0279. The molecule has 0 saturated carbocycles. The minimum atomic E-state index is -0.336. The first-order valence-corrected chi connectivity index (χ1v) is 6.68. The maximum atomic E-state index is 12.6. The van der Waals surface area contributed by atoms with Gasteiger partial charge in [-0.25, -0.2) is 0 Å². The minimum Gasteiger partial charge on any atom is -0.391 e. The number of hydrogen-bond donors (Lipinski definition) is 1. The third-order valence-electron chi connectivity index (χ3n) is 3.37. The number of ether oxygens (including phenoxy) is 1. The summed E-state index contributed by atoms with van der Waals surface area (Å²) >= 11 is 4.94. The van der Waals surface area contributed by atoms with E-state index in [1.54, 1.807) is 4.90 Å². The number of benzene rings is 1. The lowest BCUT2D eigenvalue weighted by molar-refractivity contribution is 0.00871. The Morgan fingerprint density at radius 2 is 2.05 bits per heavy atom. The van der Waals surface area contributed by atoms with Gasteiger partial charge in [0.2, 0.25) is 0 Å². The SMILES string of the molecule is Cc1cccc(C)c1C(=O)N1CCOC(C(N)=S)C1. The summed E-state index contributed by atoms with van der Waals surface area (Å²) in [6, 6.07) is 5.86. The van der Waals surface area contributed by atoms with Crippen LogP contribution in [0.25, 0.3) is 0 Å². The number of thiocarbonyl (C=S) groups is 1. The van der Waals surface area contributed by atoms with Crippen LogP contribution < -0.4 is 5.73 Å². The van der Waals surface area contributed by atoms with E-state index in [2.05, 4.69) is 0 Å². The van der Waals surface area contributed by atoms with Crippen molar-refractivity contribution in [2.24, 2.45) is 5.73 Å². The average Bonchev–Trinajstić information content (AvgIpc) is 2.38. The molecule has 1 fully saturated rings. The molecule has 102 valence electrons. The molecule has 0 aliphatic carbocycles. The van der Waals surface area contributed by atoms with Gasteiger partial charge in [-0.1, -0.05) is 30.4 Å². The van der Waals surface area contributed by atoms with E-state index in [0.29, 0.717) is 24.7 Å². The lowest BCUT2D eigenvalue weighted by Crippen LogP contribution is -2.50. The lowest BCUT2D eigenvalue weighted by Gasteiger charge is -2.33. The predicted octanol–water partition coefficient (Wildman–Crippen LogP) is 1.43. The summed E-state index contributed by atoms with van der Waals surface area (Å²) in [5.41, 5.74) is 8.34. The molecule has 1 aliphatic rings. The van der Waals surface area contributed by atoms with Gasteiger partial charge in [-0.15, -0.1) is 0 Å². The molecule has 2 rings (SSSR count). The van der Waals surface area contributed by atoms with E-state index in [1.165, 1.54) is 0 Å². The fourth-order valence-corrected chi connectivity index (χ4v) is 2.46. The van der Waals surface area contributed by atoms with Gasteiger partial charge in [0, 0.05) is 12.1 Å². The van der Waals surface area contributed by atoms with E-state index >= 15 is 0 Å². The summed E-state index contributed by atoms with van der Waals surface area (Å²) in [7, 11) is 0. The first kappa shape index (κ1) is 14.0. The highest BCUT2D eigenvalue weighted by atomic mass is 32.1. The molecule has 1 amide bonds. The summed E-state index contributed by atoms with van der Waals surface area (Å²) in [6.07, 6.45) is -0.336. The highest BCUT2D eigenvalue weighted by molar-refractivity contribution is 7.80. The Labute approximate surface area is 118 Å².